The van der Waals surface area contributed by atoms with Gasteiger partial charge < -0.3 is 4.90 Å². The smallest absolute Gasteiger partial charge is 0.0450 e. The number of nitrogens with zero attached hydrogens (tertiary/aromatic N) is 1. The first-order valence-electron chi connectivity index (χ1n) is 4.91. The van der Waals surface area contributed by atoms with Crippen molar-refractivity contribution < 1.29 is 0 Å². The van der Waals surface area contributed by atoms with Crippen LogP contribution in [0.3, 0.4) is 0 Å². The summed E-state index contributed by atoms with van der Waals surface area (Å²) in [5, 5.41) is 0. The predicted octanol–water partition coefficient (Wildman–Crippen LogP) is 3.08. The Balaban J connectivity index is 2.28. The summed E-state index contributed by atoms with van der Waals surface area (Å²) in [6, 6.07) is 0. The van der Waals surface area contributed by atoms with Gasteiger partial charge in [-0.15, -0.1) is 0 Å². The number of rotatable bonds is 0. The van der Waals surface area contributed by atoms with E-state index in [1.54, 1.807) is 0 Å². The van der Waals surface area contributed by atoms with Gasteiger partial charge in [-0.1, -0.05) is 28.1 Å². The fourth-order valence-electron chi connectivity index (χ4n) is 2.15. The van der Waals surface area contributed by atoms with Crippen LogP contribution in [0.15, 0.2) is 23.4 Å². The van der Waals surface area contributed by atoms with Crippen LogP contribution in [0.4, 0.5) is 0 Å². The van der Waals surface area contributed by atoms with Gasteiger partial charge in [0, 0.05) is 23.6 Å². The number of hydrogen-bond acceptors (Lipinski definition) is 1. The summed E-state index contributed by atoms with van der Waals surface area (Å²) in [5.41, 5.74) is 2.99. The highest BCUT2D eigenvalue weighted by molar-refractivity contribution is 9.10. The van der Waals surface area contributed by atoms with E-state index in [-0.39, 0.29) is 4.32 Å². The van der Waals surface area contributed by atoms with Gasteiger partial charge in [0.2, 0.25) is 0 Å². The molecular formula is C11H16BrN. The molecule has 0 N–H and O–H groups in total. The molecule has 0 saturated carbocycles. The molecule has 2 aliphatic rings. The van der Waals surface area contributed by atoms with Crippen LogP contribution in [0.2, 0.25) is 0 Å². The number of allylic oxidation sites excluding steroid dienone is 3. The van der Waals surface area contributed by atoms with Crippen molar-refractivity contribution in [2.75, 3.05) is 13.6 Å². The summed E-state index contributed by atoms with van der Waals surface area (Å²) in [6.07, 6.45) is 8.40. The molecule has 0 bridgehead atoms. The number of alkyl halides is 1. The monoisotopic (exact) mass is 241 g/mol. The summed E-state index contributed by atoms with van der Waals surface area (Å²) in [7, 11) is 2.19. The van der Waals surface area contributed by atoms with E-state index in [2.05, 4.69) is 47.0 Å². The fourth-order valence-corrected chi connectivity index (χ4v) is 2.59. The standard InChI is InChI=1S/C11H16BrN/c1-11(12)6-5-10-9(8-11)4-3-7-13(10)2/h5,8H,3-4,6-7H2,1-2H3. The van der Waals surface area contributed by atoms with Crippen molar-refractivity contribution in [2.24, 2.45) is 0 Å². The second-order valence-electron chi connectivity index (χ2n) is 4.27. The van der Waals surface area contributed by atoms with Crippen molar-refractivity contribution in [2.45, 2.75) is 30.5 Å². The highest BCUT2D eigenvalue weighted by Crippen LogP contribution is 2.37. The van der Waals surface area contributed by atoms with Crippen LogP contribution in [-0.2, 0) is 0 Å². The first-order chi connectivity index (χ1) is 6.08. The number of fused-ring (bicyclic) bond motifs is 1. The summed E-state index contributed by atoms with van der Waals surface area (Å²) >= 11 is 3.73. The van der Waals surface area contributed by atoms with Crippen LogP contribution in [-0.4, -0.2) is 22.8 Å². The molecule has 13 heavy (non-hydrogen) atoms. The largest absolute Gasteiger partial charge is 0.375 e. The summed E-state index contributed by atoms with van der Waals surface area (Å²) in [6.45, 7) is 3.45. The van der Waals surface area contributed by atoms with E-state index in [1.807, 2.05) is 0 Å². The third kappa shape index (κ3) is 1.83. The molecule has 2 rings (SSSR count). The maximum Gasteiger partial charge on any atom is 0.0450 e. The van der Waals surface area contributed by atoms with Crippen LogP contribution in [0.1, 0.15) is 26.2 Å². The molecule has 0 aromatic carbocycles. The third-order valence-electron chi connectivity index (χ3n) is 2.85. The van der Waals surface area contributed by atoms with Crippen molar-refractivity contribution in [3.63, 3.8) is 0 Å². The van der Waals surface area contributed by atoms with Crippen LogP contribution < -0.4 is 0 Å². The molecule has 1 saturated heterocycles. The second-order valence-corrected chi connectivity index (χ2v) is 6.08. The lowest BCUT2D eigenvalue weighted by molar-refractivity contribution is 0.377. The Morgan fingerprint density at radius 2 is 2.31 bits per heavy atom. The van der Waals surface area contributed by atoms with E-state index in [0.29, 0.717) is 0 Å². The van der Waals surface area contributed by atoms with Crippen molar-refractivity contribution in [1.82, 2.24) is 4.90 Å². The molecule has 1 unspecified atom stereocenters. The molecule has 1 nitrogen and oxygen atoms in total. The molecule has 1 aliphatic carbocycles. The Hall–Kier alpha value is -0.240. The quantitative estimate of drug-likeness (QED) is 0.590. The zero-order valence-corrected chi connectivity index (χ0v) is 9.89. The molecule has 1 fully saturated rings. The number of likely N-dealkylation sites (N-methyl/N-ethyl adjacent to an activating group) is 1. The maximum atomic E-state index is 3.73. The molecule has 0 aromatic heterocycles. The molecule has 0 amide bonds. The average molecular weight is 242 g/mol. The fraction of sp³-hybridized carbons (Fsp3) is 0.636. The average Bonchev–Trinajstić information content (AvgIpc) is 2.02. The van der Waals surface area contributed by atoms with E-state index in [9.17, 15) is 0 Å². The van der Waals surface area contributed by atoms with E-state index in [0.717, 1.165) is 6.42 Å². The number of likely N-dealkylation sites (tertiary alicyclic amines) is 1. The predicted molar refractivity (Wildman–Crippen MR) is 60.0 cm³/mol. The van der Waals surface area contributed by atoms with Gasteiger partial charge in [0.05, 0.1) is 0 Å². The van der Waals surface area contributed by atoms with Gasteiger partial charge in [-0.05, 0) is 31.8 Å². The molecule has 1 atom stereocenters. The Morgan fingerprint density at radius 3 is 3.08 bits per heavy atom. The SMILES string of the molecule is CN1CCCC2=CC(C)(Br)CC=C21. The normalized spacial score (nSPS) is 33.6. The third-order valence-corrected chi connectivity index (χ3v) is 3.40. The number of halogens is 1. The van der Waals surface area contributed by atoms with E-state index in [1.165, 1.54) is 30.7 Å². The summed E-state index contributed by atoms with van der Waals surface area (Å²) in [5.74, 6) is 0. The van der Waals surface area contributed by atoms with Gasteiger partial charge in [0.25, 0.3) is 0 Å². The van der Waals surface area contributed by atoms with Crippen molar-refractivity contribution in [1.29, 1.82) is 0 Å². The van der Waals surface area contributed by atoms with E-state index >= 15 is 0 Å². The lowest BCUT2D eigenvalue weighted by atomic mass is 9.89. The summed E-state index contributed by atoms with van der Waals surface area (Å²) in [4.78, 5) is 2.37. The minimum atomic E-state index is 0.198. The van der Waals surface area contributed by atoms with Crippen LogP contribution in [0, 0.1) is 0 Å². The minimum absolute atomic E-state index is 0.198. The minimum Gasteiger partial charge on any atom is -0.375 e. The van der Waals surface area contributed by atoms with Crippen LogP contribution in [0.5, 0.6) is 0 Å². The molecule has 0 radical (unpaired) electrons. The lowest BCUT2D eigenvalue weighted by Crippen LogP contribution is -2.29. The first kappa shape index (κ1) is 9.32. The van der Waals surface area contributed by atoms with Crippen molar-refractivity contribution in [3.8, 4) is 0 Å². The highest BCUT2D eigenvalue weighted by atomic mass is 79.9. The highest BCUT2D eigenvalue weighted by Gasteiger charge is 2.26. The van der Waals surface area contributed by atoms with E-state index in [4.69, 9.17) is 0 Å². The lowest BCUT2D eigenvalue weighted by Gasteiger charge is -2.35. The summed E-state index contributed by atoms with van der Waals surface area (Å²) < 4.78 is 0.198. The van der Waals surface area contributed by atoms with Crippen molar-refractivity contribution in [3.05, 3.63) is 23.4 Å². The van der Waals surface area contributed by atoms with Gasteiger partial charge in [0.15, 0.2) is 0 Å². The molecular weight excluding hydrogens is 226 g/mol. The number of piperidine rings is 1. The molecule has 0 spiro atoms. The molecule has 2 heteroatoms. The van der Waals surface area contributed by atoms with Gasteiger partial charge in [-0.2, -0.15) is 0 Å². The van der Waals surface area contributed by atoms with Crippen LogP contribution >= 0.6 is 15.9 Å². The van der Waals surface area contributed by atoms with E-state index < -0.39 is 0 Å². The van der Waals surface area contributed by atoms with Crippen LogP contribution in [0.25, 0.3) is 0 Å². The molecule has 1 heterocycles. The van der Waals surface area contributed by atoms with Gasteiger partial charge in [-0.25, -0.2) is 0 Å². The maximum absolute atomic E-state index is 3.73. The number of hydrogen-bond donors (Lipinski definition) is 0. The van der Waals surface area contributed by atoms with Gasteiger partial charge >= 0.3 is 0 Å². The molecule has 72 valence electrons. The van der Waals surface area contributed by atoms with Crippen molar-refractivity contribution >= 4 is 15.9 Å². The molecule has 1 aliphatic heterocycles. The Kier molecular flexibility index (Phi) is 2.26. The Labute approximate surface area is 88.6 Å². The topological polar surface area (TPSA) is 3.24 Å². The second kappa shape index (κ2) is 3.16. The first-order valence-corrected chi connectivity index (χ1v) is 5.70. The Bertz CT molecular complexity index is 276. The Morgan fingerprint density at radius 1 is 1.54 bits per heavy atom. The zero-order chi connectivity index (χ0) is 9.47. The molecule has 0 aromatic rings. The van der Waals surface area contributed by atoms with Gasteiger partial charge in [0.1, 0.15) is 0 Å². The zero-order valence-electron chi connectivity index (χ0n) is 8.31. The van der Waals surface area contributed by atoms with Gasteiger partial charge in [-0.3, -0.25) is 0 Å².